The number of aromatic nitrogens is 7. The Hall–Kier alpha value is -3.09. The van der Waals surface area contributed by atoms with Crippen molar-refractivity contribution in [3.05, 3.63) is 43.4 Å². The van der Waals surface area contributed by atoms with Gasteiger partial charge in [0.1, 0.15) is 17.7 Å². The molecule has 0 amide bonds. The van der Waals surface area contributed by atoms with Gasteiger partial charge in [-0.05, 0) is 6.07 Å². The summed E-state index contributed by atoms with van der Waals surface area (Å²) in [4.78, 5) is 29.5. The van der Waals surface area contributed by atoms with E-state index in [9.17, 15) is 0 Å². The van der Waals surface area contributed by atoms with Crippen LogP contribution in [0.1, 0.15) is 0 Å². The van der Waals surface area contributed by atoms with E-state index < -0.39 is 0 Å². The lowest BCUT2D eigenvalue weighted by atomic mass is 10.2. The van der Waals surface area contributed by atoms with Crippen LogP contribution in [0.25, 0.3) is 33.6 Å². The van der Waals surface area contributed by atoms with E-state index in [2.05, 4.69) is 34.9 Å². The van der Waals surface area contributed by atoms with Gasteiger partial charge in [-0.2, -0.15) is 0 Å². The average molecular weight is 261 g/mol. The van der Waals surface area contributed by atoms with Crippen LogP contribution in [0.2, 0.25) is 0 Å². The first-order valence-corrected chi connectivity index (χ1v) is 5.91. The molecule has 0 aliphatic heterocycles. The Morgan fingerprint density at radius 2 is 1.65 bits per heavy atom. The Morgan fingerprint density at radius 3 is 2.60 bits per heavy atom. The van der Waals surface area contributed by atoms with E-state index in [4.69, 9.17) is 0 Å². The predicted molar refractivity (Wildman–Crippen MR) is 71.5 cm³/mol. The van der Waals surface area contributed by atoms with Crippen molar-refractivity contribution in [1.82, 2.24) is 34.9 Å². The number of fused-ring (bicyclic) bond motifs is 2. The summed E-state index contributed by atoms with van der Waals surface area (Å²) in [5.74, 6) is 0. The van der Waals surface area contributed by atoms with Crippen molar-refractivity contribution in [3.8, 4) is 11.4 Å². The van der Waals surface area contributed by atoms with Crippen molar-refractivity contribution < 1.29 is 0 Å². The number of hydrogen-bond acceptors (Lipinski definition) is 7. The molecule has 0 fully saturated rings. The van der Waals surface area contributed by atoms with Gasteiger partial charge in [0.15, 0.2) is 11.3 Å². The minimum absolute atomic E-state index is 0.487. The molecule has 0 N–H and O–H groups in total. The summed E-state index contributed by atoms with van der Waals surface area (Å²) in [6.07, 6.45) is 9.71. The third-order valence-electron chi connectivity index (χ3n) is 2.88. The van der Waals surface area contributed by atoms with Crippen molar-refractivity contribution in [2.75, 3.05) is 0 Å². The molecule has 0 spiro atoms. The molecule has 0 atom stereocenters. The molecule has 4 aromatic rings. The smallest absolute Gasteiger partial charge is 0.198 e. The number of pyridine rings is 1. The molecule has 4 aromatic heterocycles. The van der Waals surface area contributed by atoms with E-state index in [1.807, 2.05) is 6.07 Å². The molecule has 20 heavy (non-hydrogen) atoms. The molecule has 0 saturated carbocycles. The molecular weight excluding hydrogens is 254 g/mol. The van der Waals surface area contributed by atoms with Crippen molar-refractivity contribution in [3.63, 3.8) is 0 Å². The summed E-state index contributed by atoms with van der Waals surface area (Å²) < 4.78 is 0. The fraction of sp³-hybridized carbons (Fsp3) is 0. The highest BCUT2D eigenvalue weighted by Crippen LogP contribution is 2.22. The van der Waals surface area contributed by atoms with Crippen molar-refractivity contribution in [2.24, 2.45) is 0 Å². The van der Waals surface area contributed by atoms with Crippen LogP contribution in [-0.2, 0) is 0 Å². The normalized spacial score (nSPS) is 11.0. The highest BCUT2D eigenvalue weighted by atomic mass is 15.0. The Labute approximate surface area is 112 Å². The second-order valence-corrected chi connectivity index (χ2v) is 4.07. The predicted octanol–water partition coefficient (Wildman–Crippen LogP) is 1.42. The van der Waals surface area contributed by atoms with Gasteiger partial charge in [-0.15, -0.1) is 0 Å². The fourth-order valence-corrected chi connectivity index (χ4v) is 1.98. The molecule has 0 saturated heterocycles. The first-order chi connectivity index (χ1) is 9.92. The SMILES string of the molecule is c1cc2ncnc(-c3cnc4nccnc4n3)c2cn1. The second-order valence-electron chi connectivity index (χ2n) is 4.07. The zero-order chi connectivity index (χ0) is 13.4. The highest BCUT2D eigenvalue weighted by molar-refractivity contribution is 5.90. The summed E-state index contributed by atoms with van der Waals surface area (Å²) in [6.45, 7) is 0. The summed E-state index contributed by atoms with van der Waals surface area (Å²) >= 11 is 0. The van der Waals surface area contributed by atoms with Crippen LogP contribution in [0.4, 0.5) is 0 Å². The van der Waals surface area contributed by atoms with E-state index in [1.165, 1.54) is 6.33 Å². The van der Waals surface area contributed by atoms with Gasteiger partial charge in [0.2, 0.25) is 0 Å². The number of rotatable bonds is 1. The van der Waals surface area contributed by atoms with Crippen molar-refractivity contribution in [2.45, 2.75) is 0 Å². The molecule has 7 heteroatoms. The van der Waals surface area contributed by atoms with Gasteiger partial charge < -0.3 is 0 Å². The minimum atomic E-state index is 0.487. The molecule has 0 aliphatic rings. The lowest BCUT2D eigenvalue weighted by Crippen LogP contribution is -1.96. The van der Waals surface area contributed by atoms with Crippen LogP contribution in [0, 0.1) is 0 Å². The zero-order valence-corrected chi connectivity index (χ0v) is 10.2. The summed E-state index contributed by atoms with van der Waals surface area (Å²) in [5, 5.41) is 0.826. The molecule has 4 heterocycles. The monoisotopic (exact) mass is 261 g/mol. The Bertz CT molecular complexity index is 917. The maximum absolute atomic E-state index is 4.44. The molecule has 94 valence electrons. The van der Waals surface area contributed by atoms with Gasteiger partial charge in [-0.3, -0.25) is 4.98 Å². The molecule has 4 rings (SSSR count). The number of hydrogen-bond donors (Lipinski definition) is 0. The first-order valence-electron chi connectivity index (χ1n) is 5.91. The molecule has 0 bridgehead atoms. The van der Waals surface area contributed by atoms with Gasteiger partial charge in [0.25, 0.3) is 0 Å². The zero-order valence-electron chi connectivity index (χ0n) is 10.2. The molecule has 0 radical (unpaired) electrons. The lowest BCUT2D eigenvalue weighted by molar-refractivity contribution is 1.14. The van der Waals surface area contributed by atoms with E-state index in [0.717, 1.165) is 10.9 Å². The van der Waals surface area contributed by atoms with Gasteiger partial charge in [-0.25, -0.2) is 29.9 Å². The fourth-order valence-electron chi connectivity index (χ4n) is 1.98. The Morgan fingerprint density at radius 1 is 0.750 bits per heavy atom. The number of nitrogens with zero attached hydrogens (tertiary/aromatic N) is 7. The quantitative estimate of drug-likeness (QED) is 0.511. The van der Waals surface area contributed by atoms with Gasteiger partial charge in [-0.1, -0.05) is 0 Å². The lowest BCUT2D eigenvalue weighted by Gasteiger charge is -2.03. The van der Waals surface area contributed by atoms with Crippen LogP contribution in [-0.4, -0.2) is 34.9 Å². The average Bonchev–Trinajstić information content (AvgIpc) is 2.54. The van der Waals surface area contributed by atoms with Crippen LogP contribution in [0.3, 0.4) is 0 Å². The minimum Gasteiger partial charge on any atom is -0.264 e. The van der Waals surface area contributed by atoms with Crippen LogP contribution in [0.15, 0.2) is 43.4 Å². The molecule has 0 unspecified atom stereocenters. The Balaban J connectivity index is 2.01. The van der Waals surface area contributed by atoms with Crippen LogP contribution in [0.5, 0.6) is 0 Å². The molecule has 0 aliphatic carbocycles. The molecule has 7 nitrogen and oxygen atoms in total. The van der Waals surface area contributed by atoms with Gasteiger partial charge in [0.05, 0.1) is 11.7 Å². The highest BCUT2D eigenvalue weighted by Gasteiger charge is 2.09. The molecule has 0 aromatic carbocycles. The van der Waals surface area contributed by atoms with E-state index in [0.29, 0.717) is 22.7 Å². The maximum Gasteiger partial charge on any atom is 0.198 e. The Kier molecular flexibility index (Phi) is 2.28. The van der Waals surface area contributed by atoms with Gasteiger partial charge >= 0.3 is 0 Å². The van der Waals surface area contributed by atoms with E-state index in [1.54, 1.807) is 31.0 Å². The largest absolute Gasteiger partial charge is 0.264 e. The standard InChI is InChI=1S/C13H7N7/c1-2-14-5-8-9(1)18-7-19-11(8)10-6-17-12-13(20-10)16-4-3-15-12/h1-7H. The van der Waals surface area contributed by atoms with Crippen LogP contribution < -0.4 is 0 Å². The topological polar surface area (TPSA) is 90.2 Å². The first kappa shape index (κ1) is 10.8. The van der Waals surface area contributed by atoms with E-state index >= 15 is 0 Å². The third-order valence-corrected chi connectivity index (χ3v) is 2.88. The van der Waals surface area contributed by atoms with Crippen molar-refractivity contribution in [1.29, 1.82) is 0 Å². The second kappa shape index (κ2) is 4.23. The summed E-state index contributed by atoms with van der Waals surface area (Å²) in [6, 6.07) is 1.83. The maximum atomic E-state index is 4.44. The molecular formula is C13H7N7. The van der Waals surface area contributed by atoms with Crippen LogP contribution >= 0.6 is 0 Å². The van der Waals surface area contributed by atoms with Gasteiger partial charge in [0, 0.05) is 30.2 Å². The van der Waals surface area contributed by atoms with E-state index in [-0.39, 0.29) is 0 Å². The summed E-state index contributed by atoms with van der Waals surface area (Å²) in [7, 11) is 0. The summed E-state index contributed by atoms with van der Waals surface area (Å²) in [5.41, 5.74) is 3.11. The van der Waals surface area contributed by atoms with Crippen molar-refractivity contribution >= 4 is 22.2 Å². The third kappa shape index (κ3) is 1.64.